The molecule has 0 heterocycles. The smallest absolute Gasteiger partial charge is 0.0520 e. The van der Waals surface area contributed by atoms with Crippen LogP contribution in [0.1, 0.15) is 366 Å². The summed E-state index contributed by atoms with van der Waals surface area (Å²) >= 11 is 7.77. The molecular weight excluding hydrogens is 1670 g/mol. The molecule has 0 aliphatic heterocycles. The Kier molecular flexibility index (Phi) is 32.9. The number of para-hydroxylation sites is 3. The van der Waals surface area contributed by atoms with Gasteiger partial charge in [-0.05, 0) is 327 Å². The Balaban J connectivity index is 0.000000194. The van der Waals surface area contributed by atoms with Gasteiger partial charge in [0, 0.05) is 64.7 Å². The molecule has 0 bridgehead atoms. The maximum Gasteiger partial charge on any atom is 0.0520 e. The van der Waals surface area contributed by atoms with Crippen molar-refractivity contribution in [3.8, 4) is 22.3 Å². The zero-order valence-electron chi connectivity index (χ0n) is 81.4. The Bertz CT molecular complexity index is 4870. The number of nitrogens with one attached hydrogen (secondary N) is 1. The van der Waals surface area contributed by atoms with E-state index in [4.69, 9.17) is 0 Å². The molecule has 127 heavy (non-hydrogen) atoms. The molecule has 10 aromatic rings. The summed E-state index contributed by atoms with van der Waals surface area (Å²) in [7, 11) is 0. The molecule has 0 radical (unpaired) electrons. The van der Waals surface area contributed by atoms with E-state index in [-0.39, 0.29) is 16.2 Å². The molecule has 0 spiro atoms. The van der Waals surface area contributed by atoms with Crippen LogP contribution in [-0.2, 0) is 39.9 Å². The Hall–Kier alpha value is -7.44. The minimum atomic E-state index is 0.0763. The van der Waals surface area contributed by atoms with Gasteiger partial charge in [-0.1, -0.05) is 376 Å². The lowest BCUT2D eigenvalue weighted by molar-refractivity contribution is 0.299. The third-order valence-corrected chi connectivity index (χ3v) is 32.6. The highest BCUT2D eigenvalue weighted by Gasteiger charge is 2.68. The van der Waals surface area contributed by atoms with Crippen LogP contribution in [0.5, 0.6) is 0 Å². The fourth-order valence-corrected chi connectivity index (χ4v) is 26.7. The number of nitrogens with zero attached hydrogens (tertiary/aromatic N) is 2. The average Bonchev–Trinajstić information content (AvgIpc) is 1.51. The van der Waals surface area contributed by atoms with E-state index in [9.17, 15) is 0 Å². The van der Waals surface area contributed by atoms with Crippen molar-refractivity contribution in [2.45, 2.75) is 375 Å². The van der Waals surface area contributed by atoms with Gasteiger partial charge in [0.1, 0.15) is 0 Å². The van der Waals surface area contributed by atoms with Gasteiger partial charge in [0.05, 0.1) is 11.4 Å². The number of halogens is 2. The van der Waals surface area contributed by atoms with E-state index >= 15 is 0 Å². The summed E-state index contributed by atoms with van der Waals surface area (Å²) in [5.41, 5.74) is 36.2. The zero-order chi connectivity index (χ0) is 89.5. The number of fused-ring (bicyclic) bond motifs is 6. The second-order valence-electron chi connectivity index (χ2n) is 42.0. The quantitative estimate of drug-likeness (QED) is 0.0389. The maximum absolute atomic E-state index is 3.89. The topological polar surface area (TPSA) is 18.5 Å². The van der Waals surface area contributed by atoms with Gasteiger partial charge in [0.25, 0.3) is 0 Å². The summed E-state index contributed by atoms with van der Waals surface area (Å²) in [5.74, 6) is 3.18. The Labute approximate surface area is 788 Å². The molecule has 0 amide bonds. The fourth-order valence-electron chi connectivity index (χ4n) is 26.0. The summed E-state index contributed by atoms with van der Waals surface area (Å²) in [6, 6.07) is 77.5. The predicted octanol–water partition coefficient (Wildman–Crippen LogP) is 38.5. The molecule has 0 saturated heterocycles. The van der Waals surface area contributed by atoms with Crippen molar-refractivity contribution in [1.82, 2.24) is 0 Å². The monoisotopic (exact) mass is 1820 g/mol. The molecule has 1 N–H and O–H groups in total. The molecule has 4 saturated carbocycles. The van der Waals surface area contributed by atoms with Crippen molar-refractivity contribution in [2.24, 2.45) is 23.7 Å². The van der Waals surface area contributed by atoms with Crippen LogP contribution in [0.2, 0.25) is 0 Å². The van der Waals surface area contributed by atoms with Gasteiger partial charge in [-0.3, -0.25) is 0 Å². The third kappa shape index (κ3) is 21.1. The SMILES string of the molecule is CCCCCCCC1CC23CC(CCCCCCC)CC2(C1)c1cc(Br)ccc1-c1ccc(Br)cc13.CCCCCCCC1CC23CC(CCCCCCC)CC2(C1)c1cc(N(c2ccccc2)c2c(C)cc(CCCC)cc2C)ccc1-c1ccc(N(c2ccccc2)c2c(C)cc(CCCC)cc2C)cc13.Cc1cc(C(C)(C)C)cc(C)c1Nc1ccccc1. The number of anilines is 8. The van der Waals surface area contributed by atoms with E-state index in [1.54, 1.807) is 22.3 Å². The summed E-state index contributed by atoms with van der Waals surface area (Å²) in [6.45, 7) is 34.5. The van der Waals surface area contributed by atoms with E-state index in [1.807, 2.05) is 6.07 Å². The van der Waals surface area contributed by atoms with E-state index in [1.165, 1.54) is 352 Å². The Morgan fingerprint density at radius 2 is 0.583 bits per heavy atom. The lowest BCUT2D eigenvalue weighted by atomic mass is 9.55. The van der Waals surface area contributed by atoms with Crippen LogP contribution in [0.25, 0.3) is 22.3 Å². The molecular formula is C122H159Br2N3. The lowest BCUT2D eigenvalue weighted by Gasteiger charge is -2.48. The number of aryl methyl sites for hydroxylation is 8. The highest BCUT2D eigenvalue weighted by Crippen LogP contribution is 2.75. The van der Waals surface area contributed by atoms with E-state index in [2.05, 4.69) is 345 Å². The van der Waals surface area contributed by atoms with Crippen molar-refractivity contribution >= 4 is 77.4 Å². The Morgan fingerprint density at radius 3 is 0.882 bits per heavy atom. The van der Waals surface area contributed by atoms with Crippen molar-refractivity contribution in [3.05, 3.63) is 281 Å². The molecule has 5 heteroatoms. The average molecular weight is 1830 g/mol. The molecule has 6 aliphatic carbocycles. The highest BCUT2D eigenvalue weighted by molar-refractivity contribution is 9.10. The standard InChI is InChI=1S/C70H90N2.C34H46Br2.C18H23N/c1-9-13-17-19-23-31-57-47-69-49-58(32-24-20-18-14-10-2)50-70(69,48-57)66-46-62(72(60-35-27-22-28-36-60)68-53(7)43-56(30-16-12-4)44-54(68)8)38-40-64(66)63-39-37-61(45-65(63)69)71(59-33-25-21-26-34-59)67-51(5)41-55(29-15-11-3)42-52(67)6;1-3-5-7-9-11-13-25-21-33-23-26(14-12-10-8-6-4-2)24-34(33,22-25)32-20-28(36)16-18-30(32)29-17-15-27(35)19-31(29)33;1-13-11-15(18(3,4)5)12-14(2)17(13)19-16-9-7-6-8-10-16/h21-22,25-28,33-46,57-58H,9-20,23-24,29-32,47-50H2,1-8H3;15-20,25-26H,3-14,21-24H2,1-2H3;6-12,19H,1-5H3. The van der Waals surface area contributed by atoms with Crippen LogP contribution >= 0.6 is 31.9 Å². The number of hydrogen-bond donors (Lipinski definition) is 1. The van der Waals surface area contributed by atoms with Crippen LogP contribution in [0.3, 0.4) is 0 Å². The van der Waals surface area contributed by atoms with E-state index in [0.29, 0.717) is 10.8 Å². The van der Waals surface area contributed by atoms with Crippen molar-refractivity contribution in [3.63, 3.8) is 0 Å². The van der Waals surface area contributed by atoms with Crippen molar-refractivity contribution in [2.75, 3.05) is 15.1 Å². The van der Waals surface area contributed by atoms with E-state index < -0.39 is 0 Å². The van der Waals surface area contributed by atoms with Gasteiger partial charge < -0.3 is 15.1 Å². The van der Waals surface area contributed by atoms with E-state index in [0.717, 1.165) is 42.2 Å². The van der Waals surface area contributed by atoms with Gasteiger partial charge in [-0.25, -0.2) is 0 Å². The largest absolute Gasteiger partial charge is 0.355 e. The molecule has 0 atom stereocenters. The first kappa shape index (κ1) is 95.6. The van der Waals surface area contributed by atoms with Crippen LogP contribution in [0.4, 0.5) is 45.5 Å². The first-order valence-corrected chi connectivity index (χ1v) is 52.9. The number of rotatable bonds is 38. The first-order chi connectivity index (χ1) is 61.5. The molecule has 10 aromatic carbocycles. The minimum absolute atomic E-state index is 0.0763. The summed E-state index contributed by atoms with van der Waals surface area (Å²) in [4.78, 5) is 5.25. The number of hydrogen-bond acceptors (Lipinski definition) is 3. The molecule has 6 aliphatic rings. The molecule has 4 fully saturated rings. The Morgan fingerprint density at radius 1 is 0.299 bits per heavy atom. The van der Waals surface area contributed by atoms with Gasteiger partial charge in [-0.2, -0.15) is 0 Å². The lowest BCUT2D eigenvalue weighted by Crippen LogP contribution is -2.43. The second kappa shape index (κ2) is 43.7. The summed E-state index contributed by atoms with van der Waals surface area (Å²) < 4.78 is 2.52. The molecule has 3 nitrogen and oxygen atoms in total. The molecule has 16 rings (SSSR count). The predicted molar refractivity (Wildman–Crippen MR) is 560 cm³/mol. The molecule has 0 unspecified atom stereocenters. The van der Waals surface area contributed by atoms with Crippen molar-refractivity contribution < 1.29 is 0 Å². The van der Waals surface area contributed by atoms with Gasteiger partial charge in [0.15, 0.2) is 0 Å². The maximum atomic E-state index is 3.89. The fraction of sp³-hybridized carbons (Fsp3) is 0.508. The number of benzene rings is 10. The van der Waals surface area contributed by atoms with Crippen LogP contribution < -0.4 is 15.1 Å². The van der Waals surface area contributed by atoms with Gasteiger partial charge >= 0.3 is 0 Å². The van der Waals surface area contributed by atoms with Crippen LogP contribution in [0, 0.1) is 65.2 Å². The zero-order valence-corrected chi connectivity index (χ0v) is 84.6. The van der Waals surface area contributed by atoms with Gasteiger partial charge in [-0.15, -0.1) is 0 Å². The highest BCUT2D eigenvalue weighted by atomic mass is 79.9. The van der Waals surface area contributed by atoms with Crippen LogP contribution in [-0.4, -0.2) is 0 Å². The van der Waals surface area contributed by atoms with Gasteiger partial charge in [0.2, 0.25) is 0 Å². The first-order valence-electron chi connectivity index (χ1n) is 51.3. The van der Waals surface area contributed by atoms with Crippen molar-refractivity contribution in [1.29, 1.82) is 0 Å². The summed E-state index contributed by atoms with van der Waals surface area (Å²) in [5, 5.41) is 3.52. The molecule has 0 aromatic heterocycles. The van der Waals surface area contributed by atoms with Crippen LogP contribution in [0.15, 0.2) is 209 Å². The molecule has 676 valence electrons. The third-order valence-electron chi connectivity index (χ3n) is 31.6. The number of unbranched alkanes of at least 4 members (excludes halogenated alkanes) is 18. The summed E-state index contributed by atoms with van der Waals surface area (Å²) in [6.07, 6.45) is 51.2. The minimum Gasteiger partial charge on any atom is -0.355 e. The second-order valence-corrected chi connectivity index (χ2v) is 43.8. The normalized spacial score (nSPS) is 20.8.